The predicted molar refractivity (Wildman–Crippen MR) is 124 cm³/mol. The topological polar surface area (TPSA) is 66.4 Å². The van der Waals surface area contributed by atoms with E-state index in [1.165, 1.54) is 0 Å². The molecule has 3 aliphatic heterocycles. The van der Waals surface area contributed by atoms with Crippen molar-refractivity contribution in [2.24, 2.45) is 5.16 Å². The van der Waals surface area contributed by atoms with Crippen molar-refractivity contribution in [1.82, 2.24) is 4.90 Å². The van der Waals surface area contributed by atoms with E-state index in [1.807, 2.05) is 42.5 Å². The first kappa shape index (κ1) is 20.2. The van der Waals surface area contributed by atoms with E-state index in [2.05, 4.69) is 31.3 Å². The van der Waals surface area contributed by atoms with Crippen LogP contribution in [0.15, 0.2) is 57.8 Å². The van der Waals surface area contributed by atoms with Gasteiger partial charge in [0.05, 0.1) is 30.2 Å². The Labute approximate surface area is 189 Å². The number of para-hydroxylation sites is 2. The number of hydrogen-bond acceptors (Lipinski definition) is 6. The molecule has 0 aliphatic carbocycles. The molecular formula is C23H23BrN4O3. The Morgan fingerprint density at radius 2 is 1.90 bits per heavy atom. The van der Waals surface area contributed by atoms with Crippen molar-refractivity contribution < 1.29 is 14.4 Å². The molecule has 1 amide bonds. The van der Waals surface area contributed by atoms with Crippen LogP contribution >= 0.6 is 15.9 Å². The number of amides is 1. The Hall–Kier alpha value is -2.68. The number of morpholine rings is 1. The summed E-state index contributed by atoms with van der Waals surface area (Å²) in [5.41, 5.74) is 5.52. The average molecular weight is 483 g/mol. The lowest BCUT2D eigenvalue weighted by molar-refractivity contribution is -0.112. The summed E-state index contributed by atoms with van der Waals surface area (Å²) in [6, 6.07) is 13.7. The number of anilines is 2. The summed E-state index contributed by atoms with van der Waals surface area (Å²) in [7, 11) is 1.79. The first-order chi connectivity index (χ1) is 15.1. The van der Waals surface area contributed by atoms with Crippen molar-refractivity contribution in [3.8, 4) is 0 Å². The molecular weight excluding hydrogens is 460 g/mol. The van der Waals surface area contributed by atoms with Crippen molar-refractivity contribution in [1.29, 1.82) is 0 Å². The molecule has 31 heavy (non-hydrogen) atoms. The van der Waals surface area contributed by atoms with Crippen LogP contribution in [0, 0.1) is 0 Å². The van der Waals surface area contributed by atoms with E-state index in [0.29, 0.717) is 23.6 Å². The van der Waals surface area contributed by atoms with Gasteiger partial charge in [-0.05, 0) is 28.1 Å². The summed E-state index contributed by atoms with van der Waals surface area (Å²) in [6.45, 7) is 4.60. The van der Waals surface area contributed by atoms with E-state index in [9.17, 15) is 4.79 Å². The maximum Gasteiger partial charge on any atom is 0.260 e. The van der Waals surface area contributed by atoms with Gasteiger partial charge in [-0.3, -0.25) is 9.69 Å². The molecule has 0 aromatic heterocycles. The van der Waals surface area contributed by atoms with Gasteiger partial charge in [-0.15, -0.1) is 0 Å². The van der Waals surface area contributed by atoms with Crippen molar-refractivity contribution in [2.45, 2.75) is 0 Å². The molecule has 160 valence electrons. The van der Waals surface area contributed by atoms with Gasteiger partial charge in [-0.2, -0.15) is 0 Å². The molecule has 0 bridgehead atoms. The normalized spacial score (nSPS) is 21.9. The number of halogens is 1. The third-order valence-electron chi connectivity index (χ3n) is 5.80. The van der Waals surface area contributed by atoms with Crippen LogP contribution in [-0.4, -0.2) is 63.0 Å². The van der Waals surface area contributed by atoms with E-state index in [0.717, 1.165) is 59.8 Å². The molecule has 0 unspecified atom stereocenters. The quantitative estimate of drug-likeness (QED) is 0.411. The lowest BCUT2D eigenvalue weighted by atomic mass is 10.0. The molecule has 2 aromatic rings. The second-order valence-electron chi connectivity index (χ2n) is 7.65. The van der Waals surface area contributed by atoms with Crippen LogP contribution in [0.5, 0.6) is 0 Å². The number of nitrogens with one attached hydrogen (secondary N) is 1. The van der Waals surface area contributed by atoms with Crippen LogP contribution < -0.4 is 10.2 Å². The number of carbonyl (C=O) groups excluding carboxylic acids is 1. The molecule has 1 fully saturated rings. The Balaban J connectivity index is 1.49. The van der Waals surface area contributed by atoms with Crippen LogP contribution in [-0.2, 0) is 14.4 Å². The molecule has 5 rings (SSSR count). The average Bonchev–Trinajstić information content (AvgIpc) is 3.27. The lowest BCUT2D eigenvalue weighted by Crippen LogP contribution is -2.38. The van der Waals surface area contributed by atoms with Crippen molar-refractivity contribution >= 4 is 44.5 Å². The molecule has 2 aromatic carbocycles. The first-order valence-corrected chi connectivity index (χ1v) is 11.1. The number of likely N-dealkylation sites (N-methyl/N-ethyl adjacent to an activating group) is 1. The highest BCUT2D eigenvalue weighted by molar-refractivity contribution is 9.10. The third kappa shape index (κ3) is 3.64. The van der Waals surface area contributed by atoms with Gasteiger partial charge in [-0.25, -0.2) is 0 Å². The standard InChI is InChI=1S/C23H23BrN4O3/c1-27-22-16(6-4-7-17(22)24)19(23(27)29)21-20(15-5-2-3-8-18(15)25-21)26-31-14-11-28-9-12-30-13-10-28/h2-8,25H,9-14H2,1H3/b21-19-,26-20+. The smallest absolute Gasteiger partial charge is 0.260 e. The number of ether oxygens (including phenoxy) is 1. The number of benzene rings is 2. The van der Waals surface area contributed by atoms with Gasteiger partial charge in [-0.1, -0.05) is 35.5 Å². The zero-order valence-electron chi connectivity index (χ0n) is 17.2. The minimum Gasteiger partial charge on any atom is -0.394 e. The second-order valence-corrected chi connectivity index (χ2v) is 8.50. The summed E-state index contributed by atoms with van der Waals surface area (Å²) < 4.78 is 6.27. The third-order valence-corrected chi connectivity index (χ3v) is 6.44. The van der Waals surface area contributed by atoms with Gasteiger partial charge in [0.25, 0.3) is 5.91 Å². The van der Waals surface area contributed by atoms with E-state index in [-0.39, 0.29) is 5.91 Å². The monoisotopic (exact) mass is 482 g/mol. The molecule has 0 saturated carbocycles. The molecule has 1 saturated heterocycles. The lowest BCUT2D eigenvalue weighted by Gasteiger charge is -2.25. The highest BCUT2D eigenvalue weighted by Gasteiger charge is 2.38. The van der Waals surface area contributed by atoms with Crippen LogP contribution in [0.2, 0.25) is 0 Å². The fraction of sp³-hybridized carbons (Fsp3) is 0.304. The number of oxime groups is 1. The van der Waals surface area contributed by atoms with Crippen LogP contribution in [0.25, 0.3) is 5.57 Å². The fourth-order valence-corrected chi connectivity index (χ4v) is 4.82. The second kappa shape index (κ2) is 8.45. The summed E-state index contributed by atoms with van der Waals surface area (Å²) in [4.78, 5) is 22.9. The van der Waals surface area contributed by atoms with Gasteiger partial charge >= 0.3 is 0 Å². The Kier molecular flexibility index (Phi) is 5.52. The van der Waals surface area contributed by atoms with Crippen molar-refractivity contribution in [3.05, 3.63) is 63.8 Å². The van der Waals surface area contributed by atoms with E-state index >= 15 is 0 Å². The van der Waals surface area contributed by atoms with Gasteiger partial charge in [0.1, 0.15) is 12.3 Å². The van der Waals surface area contributed by atoms with E-state index < -0.39 is 0 Å². The maximum absolute atomic E-state index is 13.2. The van der Waals surface area contributed by atoms with Gasteiger partial charge in [0.15, 0.2) is 0 Å². The fourth-order valence-electron chi connectivity index (χ4n) is 4.19. The van der Waals surface area contributed by atoms with E-state index in [4.69, 9.17) is 9.57 Å². The highest BCUT2D eigenvalue weighted by Crippen LogP contribution is 2.44. The number of rotatable bonds is 4. The van der Waals surface area contributed by atoms with E-state index in [1.54, 1.807) is 11.9 Å². The number of hydrogen-bond donors (Lipinski definition) is 1. The summed E-state index contributed by atoms with van der Waals surface area (Å²) in [5.74, 6) is -0.0711. The molecule has 0 spiro atoms. The SMILES string of the molecule is CN1C(=O)/C(=C2\Nc3ccccc3\C2=N/OCCN2CCOCC2)c2cccc(Br)c21. The number of nitrogens with zero attached hydrogens (tertiary/aromatic N) is 3. The molecule has 0 atom stereocenters. The molecule has 0 radical (unpaired) electrons. The maximum atomic E-state index is 13.2. The summed E-state index contributed by atoms with van der Waals surface area (Å²) >= 11 is 3.58. The van der Waals surface area contributed by atoms with Crippen LogP contribution in [0.1, 0.15) is 11.1 Å². The zero-order chi connectivity index (χ0) is 21.4. The van der Waals surface area contributed by atoms with Crippen molar-refractivity contribution in [3.63, 3.8) is 0 Å². The minimum atomic E-state index is -0.0711. The number of fused-ring (bicyclic) bond motifs is 2. The van der Waals surface area contributed by atoms with Crippen molar-refractivity contribution in [2.75, 3.05) is 56.7 Å². The van der Waals surface area contributed by atoms with Gasteiger partial charge < -0.3 is 19.8 Å². The van der Waals surface area contributed by atoms with Crippen LogP contribution in [0.3, 0.4) is 0 Å². The highest BCUT2D eigenvalue weighted by atomic mass is 79.9. The first-order valence-electron chi connectivity index (χ1n) is 10.3. The molecule has 8 heteroatoms. The molecule has 1 N–H and O–H groups in total. The number of allylic oxidation sites excluding steroid dienone is 1. The summed E-state index contributed by atoms with van der Waals surface area (Å²) in [5, 5.41) is 7.89. The largest absolute Gasteiger partial charge is 0.394 e. The predicted octanol–water partition coefficient (Wildman–Crippen LogP) is 3.32. The Morgan fingerprint density at radius 1 is 1.13 bits per heavy atom. The van der Waals surface area contributed by atoms with Gasteiger partial charge in [0, 0.05) is 48.0 Å². The summed E-state index contributed by atoms with van der Waals surface area (Å²) in [6.07, 6.45) is 0. The molecule has 7 nitrogen and oxygen atoms in total. The Bertz CT molecular complexity index is 1090. The van der Waals surface area contributed by atoms with Gasteiger partial charge in [0.2, 0.25) is 0 Å². The molecule has 3 aliphatic rings. The molecule has 3 heterocycles. The van der Waals surface area contributed by atoms with Crippen LogP contribution in [0.4, 0.5) is 11.4 Å². The minimum absolute atomic E-state index is 0.0711. The zero-order valence-corrected chi connectivity index (χ0v) is 18.8. The Morgan fingerprint density at radius 3 is 2.74 bits per heavy atom. The number of carbonyl (C=O) groups is 1.